The van der Waals surface area contributed by atoms with Crippen LogP contribution < -0.4 is 16.2 Å². The highest BCUT2D eigenvalue weighted by Gasteiger charge is 2.26. The van der Waals surface area contributed by atoms with Crippen molar-refractivity contribution in [1.82, 2.24) is 29.5 Å². The molecule has 3 aromatic heterocycles. The van der Waals surface area contributed by atoms with Crippen LogP contribution in [-0.4, -0.2) is 29.5 Å². The van der Waals surface area contributed by atoms with Gasteiger partial charge in [-0.05, 0) is 25.1 Å². The van der Waals surface area contributed by atoms with Crippen molar-refractivity contribution in [2.24, 2.45) is 14.1 Å². The van der Waals surface area contributed by atoms with Gasteiger partial charge < -0.3 is 15.0 Å². The van der Waals surface area contributed by atoms with Gasteiger partial charge in [-0.2, -0.15) is 15.3 Å². The van der Waals surface area contributed by atoms with Crippen molar-refractivity contribution in [2.75, 3.05) is 5.73 Å². The third-order valence-electron chi connectivity index (χ3n) is 5.80. The molecule has 1 aliphatic heterocycles. The van der Waals surface area contributed by atoms with E-state index in [9.17, 15) is 14.4 Å². The fraction of sp³-hybridized carbons (Fsp3) is 0.217. The van der Waals surface area contributed by atoms with E-state index in [1.54, 1.807) is 39.3 Å². The van der Waals surface area contributed by atoms with E-state index in [0.29, 0.717) is 39.3 Å². The molecule has 0 fully saturated rings. The van der Waals surface area contributed by atoms with Crippen LogP contribution >= 0.6 is 0 Å². The van der Waals surface area contributed by atoms with Crippen molar-refractivity contribution >= 4 is 5.82 Å². The lowest BCUT2D eigenvalue weighted by molar-refractivity contribution is 0.227. The minimum atomic E-state index is -0.674. The maximum atomic E-state index is 14.3. The molecule has 170 valence electrons. The molecule has 0 saturated heterocycles. The van der Waals surface area contributed by atoms with Gasteiger partial charge >= 0.3 is 5.69 Å². The number of hydrogen-bond donors (Lipinski definition) is 1. The van der Waals surface area contributed by atoms with E-state index >= 15 is 0 Å². The smallest absolute Gasteiger partial charge is 0.347 e. The van der Waals surface area contributed by atoms with Gasteiger partial charge in [0.05, 0.1) is 17.0 Å². The lowest BCUT2D eigenvalue weighted by Crippen LogP contribution is -2.22. The molecule has 1 unspecified atom stereocenters. The lowest BCUT2D eigenvalue weighted by atomic mass is 9.94. The number of benzene rings is 1. The van der Waals surface area contributed by atoms with E-state index in [-0.39, 0.29) is 23.7 Å². The average molecular weight is 458 g/mol. The van der Waals surface area contributed by atoms with Crippen LogP contribution in [0, 0.1) is 17.1 Å². The van der Waals surface area contributed by atoms with Gasteiger partial charge in [-0.3, -0.25) is 4.68 Å². The molecular weight excluding hydrogens is 439 g/mol. The Labute approximate surface area is 193 Å². The zero-order valence-electron chi connectivity index (χ0n) is 18.6. The first-order chi connectivity index (χ1) is 16.3. The molecular formula is C23H19FN8O2. The second-order valence-corrected chi connectivity index (χ2v) is 8.06. The van der Waals surface area contributed by atoms with Crippen molar-refractivity contribution < 1.29 is 9.13 Å². The Bertz CT molecular complexity index is 1570. The summed E-state index contributed by atoms with van der Waals surface area (Å²) >= 11 is 0. The zero-order valence-corrected chi connectivity index (χ0v) is 18.6. The van der Waals surface area contributed by atoms with Crippen LogP contribution in [0.1, 0.15) is 35.5 Å². The summed E-state index contributed by atoms with van der Waals surface area (Å²) in [6.45, 7) is 1.74. The van der Waals surface area contributed by atoms with E-state index in [4.69, 9.17) is 10.5 Å². The summed E-state index contributed by atoms with van der Waals surface area (Å²) < 4.78 is 23.2. The first kappa shape index (κ1) is 21.3. The Morgan fingerprint density at radius 1 is 1.26 bits per heavy atom. The summed E-state index contributed by atoms with van der Waals surface area (Å²) in [6.07, 6.45) is 1.22. The Balaban J connectivity index is 1.88. The quantitative estimate of drug-likeness (QED) is 0.424. The highest BCUT2D eigenvalue weighted by Crippen LogP contribution is 2.37. The largest absolute Gasteiger partial charge is 0.482 e. The Hall–Kier alpha value is -4.59. The third-order valence-corrected chi connectivity index (χ3v) is 5.80. The molecule has 5 rings (SSSR count). The summed E-state index contributed by atoms with van der Waals surface area (Å²) in [7, 11) is 3.26. The molecule has 0 amide bonds. The number of nitrogens with zero attached hydrogens (tertiary/aromatic N) is 7. The number of nitriles is 1. The molecule has 0 radical (unpaired) electrons. The Kier molecular flexibility index (Phi) is 4.86. The highest BCUT2D eigenvalue weighted by molar-refractivity contribution is 5.73. The van der Waals surface area contributed by atoms with E-state index in [2.05, 4.69) is 26.3 Å². The molecule has 0 spiro atoms. The van der Waals surface area contributed by atoms with E-state index in [1.165, 1.54) is 21.4 Å². The third kappa shape index (κ3) is 3.36. The number of aryl methyl sites for hydroxylation is 2. The number of fused-ring (bicyclic) bond motifs is 7. The summed E-state index contributed by atoms with van der Waals surface area (Å²) in [5.41, 5.74) is 9.28. The van der Waals surface area contributed by atoms with Crippen molar-refractivity contribution in [2.45, 2.75) is 19.4 Å². The number of halogens is 1. The zero-order chi connectivity index (χ0) is 24.1. The second-order valence-electron chi connectivity index (χ2n) is 8.06. The minimum Gasteiger partial charge on any atom is -0.482 e. The fourth-order valence-electron chi connectivity index (χ4n) is 4.18. The van der Waals surface area contributed by atoms with Crippen molar-refractivity contribution in [3.8, 4) is 34.3 Å². The number of hydrogen-bond acceptors (Lipinski definition) is 8. The fourth-order valence-corrected chi connectivity index (χ4v) is 4.18. The van der Waals surface area contributed by atoms with Crippen molar-refractivity contribution in [3.05, 3.63) is 69.3 Å². The maximum Gasteiger partial charge on any atom is 0.347 e. The summed E-state index contributed by atoms with van der Waals surface area (Å²) in [5, 5.41) is 22.5. The van der Waals surface area contributed by atoms with Crippen LogP contribution in [0.15, 0.2) is 35.3 Å². The topological polar surface area (TPSA) is 138 Å². The lowest BCUT2D eigenvalue weighted by Gasteiger charge is -2.21. The maximum absolute atomic E-state index is 14.3. The molecule has 1 atom stereocenters. The van der Waals surface area contributed by atoms with Crippen LogP contribution in [0.4, 0.5) is 10.2 Å². The van der Waals surface area contributed by atoms with E-state index in [0.717, 1.165) is 0 Å². The average Bonchev–Trinajstić information content (AvgIpc) is 3.11. The first-order valence-electron chi connectivity index (χ1n) is 10.4. The highest BCUT2D eigenvalue weighted by atomic mass is 19.1. The van der Waals surface area contributed by atoms with Crippen LogP contribution in [0.25, 0.3) is 22.5 Å². The second kappa shape index (κ2) is 7.77. The summed E-state index contributed by atoms with van der Waals surface area (Å²) in [6, 6.07) is 7.98. The summed E-state index contributed by atoms with van der Waals surface area (Å²) in [4.78, 5) is 16.8. The molecule has 1 aliphatic rings. The Morgan fingerprint density at radius 2 is 2.06 bits per heavy atom. The minimum absolute atomic E-state index is 0.0435. The van der Waals surface area contributed by atoms with Gasteiger partial charge in [-0.15, -0.1) is 10.2 Å². The monoisotopic (exact) mass is 458 g/mol. The van der Waals surface area contributed by atoms with E-state index in [1.807, 2.05) is 0 Å². The molecule has 2 N–H and O–H groups in total. The normalized spacial score (nSPS) is 14.5. The van der Waals surface area contributed by atoms with Crippen molar-refractivity contribution in [3.63, 3.8) is 0 Å². The van der Waals surface area contributed by atoms with Crippen LogP contribution in [0.5, 0.6) is 5.75 Å². The SMILES string of the molecule is CC1Oc2cc(nnc2N)-c2c(nn(C)c2C#N)Cc2cn(C)c(=O)nc2-c2ccc(F)cc21. The number of rotatable bonds is 0. The van der Waals surface area contributed by atoms with Gasteiger partial charge in [-0.1, -0.05) is 0 Å². The molecule has 4 heterocycles. The number of nitrogen functional groups attached to an aromatic ring is 1. The number of nitrogens with two attached hydrogens (primary N) is 1. The standard InChI is InChI=1S/C23H19FN8O2/c1-11-15-7-13(24)4-5-14(15)21-12(10-31(2)23(33)27-21)6-17-20(18(9-25)32(3)30-17)16-8-19(34-11)22(26)29-28-16/h4-5,7-8,10-11H,6H2,1-3H3,(H2,26,29). The molecule has 2 bridgehead atoms. The molecule has 10 nitrogen and oxygen atoms in total. The van der Waals surface area contributed by atoms with E-state index < -0.39 is 17.6 Å². The molecule has 0 aliphatic carbocycles. The Morgan fingerprint density at radius 3 is 2.82 bits per heavy atom. The molecule has 4 aromatic rings. The number of ether oxygens (including phenoxy) is 1. The van der Waals surface area contributed by atoms with Crippen LogP contribution in [0.2, 0.25) is 0 Å². The first-order valence-corrected chi connectivity index (χ1v) is 10.4. The molecule has 11 heteroatoms. The predicted octanol–water partition coefficient (Wildman–Crippen LogP) is 2.27. The van der Waals surface area contributed by atoms with Crippen molar-refractivity contribution in [1.29, 1.82) is 5.26 Å². The predicted molar refractivity (Wildman–Crippen MR) is 120 cm³/mol. The van der Waals surface area contributed by atoms with Gasteiger partial charge in [-0.25, -0.2) is 9.18 Å². The van der Waals surface area contributed by atoms with Gasteiger partial charge in [0.25, 0.3) is 0 Å². The number of anilines is 1. The number of aromatic nitrogens is 6. The molecule has 34 heavy (non-hydrogen) atoms. The van der Waals surface area contributed by atoms with Crippen LogP contribution in [-0.2, 0) is 20.5 Å². The molecule has 1 aromatic carbocycles. The summed E-state index contributed by atoms with van der Waals surface area (Å²) in [5.74, 6) is -0.190. The van der Waals surface area contributed by atoms with Gasteiger partial charge in [0.1, 0.15) is 29.4 Å². The van der Waals surface area contributed by atoms with Gasteiger partial charge in [0.15, 0.2) is 11.6 Å². The van der Waals surface area contributed by atoms with Gasteiger partial charge in [0.2, 0.25) is 0 Å². The molecule has 0 saturated carbocycles. The van der Waals surface area contributed by atoms with Crippen LogP contribution in [0.3, 0.4) is 0 Å². The van der Waals surface area contributed by atoms with Gasteiger partial charge in [0, 0.05) is 49.5 Å².